The maximum absolute atomic E-state index is 11.9. The standard InChI is InChI=1S/C14H18N2O2/c1-11-9-13(17)15-10-14(18)16(11)8-7-12-5-3-2-4-6-12/h2-6,11H,7-10H2,1H3,(H,15,17). The Morgan fingerprint density at radius 2 is 2.00 bits per heavy atom. The molecule has 1 aliphatic heterocycles. The summed E-state index contributed by atoms with van der Waals surface area (Å²) in [4.78, 5) is 25.1. The molecule has 1 fully saturated rings. The van der Waals surface area contributed by atoms with E-state index in [1.165, 1.54) is 5.56 Å². The lowest BCUT2D eigenvalue weighted by atomic mass is 10.1. The second kappa shape index (κ2) is 5.67. The summed E-state index contributed by atoms with van der Waals surface area (Å²) in [6.07, 6.45) is 1.21. The van der Waals surface area contributed by atoms with Gasteiger partial charge in [-0.1, -0.05) is 30.3 Å². The highest BCUT2D eigenvalue weighted by molar-refractivity contribution is 5.87. The number of carbonyl (C=O) groups is 2. The Bertz CT molecular complexity index is 431. The van der Waals surface area contributed by atoms with Crippen LogP contribution in [-0.4, -0.2) is 35.8 Å². The summed E-state index contributed by atoms with van der Waals surface area (Å²) in [7, 11) is 0. The molecule has 0 aliphatic carbocycles. The van der Waals surface area contributed by atoms with Gasteiger partial charge in [-0.25, -0.2) is 0 Å². The molecule has 1 heterocycles. The highest BCUT2D eigenvalue weighted by Crippen LogP contribution is 2.10. The van der Waals surface area contributed by atoms with Crippen LogP contribution in [0.5, 0.6) is 0 Å². The van der Waals surface area contributed by atoms with Crippen LogP contribution in [-0.2, 0) is 16.0 Å². The number of rotatable bonds is 3. The molecule has 2 rings (SSSR count). The summed E-state index contributed by atoms with van der Waals surface area (Å²) in [6.45, 7) is 2.71. The second-order valence-corrected chi connectivity index (χ2v) is 4.65. The average molecular weight is 246 g/mol. The predicted molar refractivity (Wildman–Crippen MR) is 68.9 cm³/mol. The number of hydrogen-bond donors (Lipinski definition) is 1. The lowest BCUT2D eigenvalue weighted by Crippen LogP contribution is -2.40. The fourth-order valence-corrected chi connectivity index (χ4v) is 2.21. The third-order valence-electron chi connectivity index (χ3n) is 3.25. The highest BCUT2D eigenvalue weighted by Gasteiger charge is 2.25. The van der Waals surface area contributed by atoms with Crippen molar-refractivity contribution in [2.75, 3.05) is 13.1 Å². The average Bonchev–Trinajstić information content (AvgIpc) is 2.48. The fourth-order valence-electron chi connectivity index (χ4n) is 2.21. The van der Waals surface area contributed by atoms with Crippen molar-refractivity contribution in [3.63, 3.8) is 0 Å². The van der Waals surface area contributed by atoms with Crippen LogP contribution in [0.3, 0.4) is 0 Å². The molecule has 18 heavy (non-hydrogen) atoms. The molecule has 96 valence electrons. The van der Waals surface area contributed by atoms with Crippen molar-refractivity contribution >= 4 is 11.8 Å². The number of nitrogens with one attached hydrogen (secondary N) is 1. The van der Waals surface area contributed by atoms with E-state index >= 15 is 0 Å². The smallest absolute Gasteiger partial charge is 0.242 e. The van der Waals surface area contributed by atoms with Gasteiger partial charge in [-0.3, -0.25) is 9.59 Å². The topological polar surface area (TPSA) is 49.4 Å². The van der Waals surface area contributed by atoms with Crippen LogP contribution in [0.4, 0.5) is 0 Å². The maximum Gasteiger partial charge on any atom is 0.242 e. The van der Waals surface area contributed by atoms with Crippen molar-refractivity contribution < 1.29 is 9.59 Å². The van der Waals surface area contributed by atoms with Crippen molar-refractivity contribution in [2.24, 2.45) is 0 Å². The molecule has 1 saturated heterocycles. The number of benzene rings is 1. The van der Waals surface area contributed by atoms with Gasteiger partial charge < -0.3 is 10.2 Å². The van der Waals surface area contributed by atoms with Gasteiger partial charge in [-0.2, -0.15) is 0 Å². The monoisotopic (exact) mass is 246 g/mol. The number of hydrogen-bond acceptors (Lipinski definition) is 2. The molecule has 4 nitrogen and oxygen atoms in total. The summed E-state index contributed by atoms with van der Waals surface area (Å²) in [5.41, 5.74) is 1.21. The minimum Gasteiger partial charge on any atom is -0.347 e. The molecule has 0 saturated carbocycles. The molecule has 1 atom stereocenters. The van der Waals surface area contributed by atoms with Crippen molar-refractivity contribution in [3.05, 3.63) is 35.9 Å². The third-order valence-corrected chi connectivity index (χ3v) is 3.25. The molecule has 1 unspecified atom stereocenters. The third kappa shape index (κ3) is 3.09. The lowest BCUT2D eigenvalue weighted by molar-refractivity contribution is -0.131. The van der Waals surface area contributed by atoms with Gasteiger partial charge in [-0.15, -0.1) is 0 Å². The first-order valence-corrected chi connectivity index (χ1v) is 6.27. The Morgan fingerprint density at radius 3 is 2.72 bits per heavy atom. The number of carbonyl (C=O) groups excluding carboxylic acids is 2. The Morgan fingerprint density at radius 1 is 1.28 bits per heavy atom. The number of amides is 2. The largest absolute Gasteiger partial charge is 0.347 e. The zero-order chi connectivity index (χ0) is 13.0. The first-order chi connectivity index (χ1) is 8.66. The van der Waals surface area contributed by atoms with Crippen molar-refractivity contribution in [2.45, 2.75) is 25.8 Å². The first-order valence-electron chi connectivity index (χ1n) is 6.27. The molecule has 2 amide bonds. The van der Waals surface area contributed by atoms with Crippen LogP contribution in [0, 0.1) is 0 Å². The van der Waals surface area contributed by atoms with Gasteiger partial charge >= 0.3 is 0 Å². The first kappa shape index (κ1) is 12.6. The van der Waals surface area contributed by atoms with E-state index in [0.717, 1.165) is 6.42 Å². The summed E-state index contributed by atoms with van der Waals surface area (Å²) in [5.74, 6) is -0.0395. The van der Waals surface area contributed by atoms with Crippen LogP contribution in [0.1, 0.15) is 18.9 Å². The zero-order valence-electron chi connectivity index (χ0n) is 10.6. The van der Waals surface area contributed by atoms with Gasteiger partial charge in [0.15, 0.2) is 0 Å². The van der Waals surface area contributed by atoms with E-state index < -0.39 is 0 Å². The van der Waals surface area contributed by atoms with Gasteiger partial charge in [0.25, 0.3) is 0 Å². The van der Waals surface area contributed by atoms with Crippen LogP contribution < -0.4 is 5.32 Å². The maximum atomic E-state index is 11.9. The van der Waals surface area contributed by atoms with E-state index in [4.69, 9.17) is 0 Å². The highest BCUT2D eigenvalue weighted by atomic mass is 16.2. The molecule has 0 aromatic heterocycles. The molecule has 1 aromatic carbocycles. The Kier molecular flexibility index (Phi) is 3.97. The minimum absolute atomic E-state index is 0.00396. The van der Waals surface area contributed by atoms with E-state index in [1.807, 2.05) is 25.1 Å². The summed E-state index contributed by atoms with van der Waals surface area (Å²) in [6, 6.07) is 10.0. The minimum atomic E-state index is -0.0435. The Labute approximate surface area is 107 Å². The van der Waals surface area contributed by atoms with E-state index in [1.54, 1.807) is 4.90 Å². The summed E-state index contributed by atoms with van der Waals surface area (Å²) in [5, 5.41) is 2.62. The molecule has 1 aromatic rings. The van der Waals surface area contributed by atoms with Crippen molar-refractivity contribution in [1.82, 2.24) is 10.2 Å². The Balaban J connectivity index is 1.98. The molecule has 0 spiro atoms. The molecular weight excluding hydrogens is 228 g/mol. The molecular formula is C14H18N2O2. The lowest BCUT2D eigenvalue weighted by Gasteiger charge is -2.26. The fraction of sp³-hybridized carbons (Fsp3) is 0.429. The van der Waals surface area contributed by atoms with Crippen LogP contribution in [0.25, 0.3) is 0 Å². The van der Waals surface area contributed by atoms with Gasteiger partial charge in [0.05, 0.1) is 6.54 Å². The van der Waals surface area contributed by atoms with Gasteiger partial charge in [0.1, 0.15) is 0 Å². The molecule has 0 radical (unpaired) electrons. The van der Waals surface area contributed by atoms with Crippen molar-refractivity contribution in [1.29, 1.82) is 0 Å². The van der Waals surface area contributed by atoms with E-state index in [9.17, 15) is 9.59 Å². The quantitative estimate of drug-likeness (QED) is 0.864. The summed E-state index contributed by atoms with van der Waals surface area (Å²) < 4.78 is 0. The normalized spacial score (nSPS) is 20.5. The zero-order valence-corrected chi connectivity index (χ0v) is 10.6. The number of nitrogens with zero attached hydrogens (tertiary/aromatic N) is 1. The SMILES string of the molecule is CC1CC(=O)NCC(=O)N1CCc1ccccc1. The van der Waals surface area contributed by atoms with Crippen molar-refractivity contribution in [3.8, 4) is 0 Å². The Hall–Kier alpha value is -1.84. The predicted octanol–water partition coefficient (Wildman–Crippen LogP) is 0.966. The van der Waals surface area contributed by atoms with E-state index in [-0.39, 0.29) is 24.4 Å². The van der Waals surface area contributed by atoms with Crippen LogP contribution >= 0.6 is 0 Å². The van der Waals surface area contributed by atoms with Gasteiger partial charge in [-0.05, 0) is 18.9 Å². The van der Waals surface area contributed by atoms with Crippen LogP contribution in [0.2, 0.25) is 0 Å². The molecule has 4 heteroatoms. The van der Waals surface area contributed by atoms with Gasteiger partial charge in [0.2, 0.25) is 11.8 Å². The second-order valence-electron chi connectivity index (χ2n) is 4.65. The summed E-state index contributed by atoms with van der Waals surface area (Å²) >= 11 is 0. The van der Waals surface area contributed by atoms with Crippen LogP contribution in [0.15, 0.2) is 30.3 Å². The molecule has 1 aliphatic rings. The van der Waals surface area contributed by atoms with E-state index in [2.05, 4.69) is 17.4 Å². The van der Waals surface area contributed by atoms with Gasteiger partial charge in [0, 0.05) is 19.0 Å². The van der Waals surface area contributed by atoms with E-state index in [0.29, 0.717) is 13.0 Å². The molecule has 1 N–H and O–H groups in total. The molecule has 0 bridgehead atoms.